The van der Waals surface area contributed by atoms with E-state index in [0.29, 0.717) is 5.69 Å². The first kappa shape index (κ1) is 19.0. The van der Waals surface area contributed by atoms with E-state index < -0.39 is 16.0 Å². The summed E-state index contributed by atoms with van der Waals surface area (Å²) < 4.78 is 27.4. The fraction of sp³-hybridized carbons (Fsp3) is 0.278. The Hall–Kier alpha value is -2.38. The lowest BCUT2D eigenvalue weighted by atomic mass is 10.1. The fourth-order valence-corrected chi connectivity index (χ4v) is 3.26. The molecule has 0 unspecified atom stereocenters. The maximum Gasteiger partial charge on any atom is 0.337 e. The zero-order valence-corrected chi connectivity index (χ0v) is 15.0. The number of hydrogen-bond acceptors (Lipinski definition) is 4. The molecule has 3 N–H and O–H groups in total. The van der Waals surface area contributed by atoms with E-state index in [4.69, 9.17) is 0 Å². The molecule has 0 aliphatic carbocycles. The topological polar surface area (TPSA) is 95.5 Å². The normalized spacial score (nSPS) is 12.6. The minimum absolute atomic E-state index is 0.0668. The smallest absolute Gasteiger partial charge is 0.337 e. The van der Waals surface area contributed by atoms with Gasteiger partial charge < -0.3 is 10.4 Å². The second kappa shape index (κ2) is 8.13. The van der Waals surface area contributed by atoms with Crippen molar-refractivity contribution in [2.75, 3.05) is 5.32 Å². The molecule has 2 aromatic rings. The van der Waals surface area contributed by atoms with Crippen molar-refractivity contribution in [2.24, 2.45) is 0 Å². The molecule has 0 saturated heterocycles. The second-order valence-electron chi connectivity index (χ2n) is 5.78. The summed E-state index contributed by atoms with van der Waals surface area (Å²) in [5.74, 6) is -1.18. The predicted octanol–water partition coefficient (Wildman–Crippen LogP) is 3.07. The first-order valence-electron chi connectivity index (χ1n) is 8.01. The third-order valence-corrected chi connectivity index (χ3v) is 5.25. The molecular weight excluding hydrogens is 340 g/mol. The summed E-state index contributed by atoms with van der Waals surface area (Å²) in [5.41, 5.74) is 1.16. The zero-order valence-electron chi connectivity index (χ0n) is 14.2. The first-order valence-corrected chi connectivity index (χ1v) is 9.49. The van der Waals surface area contributed by atoms with Crippen molar-refractivity contribution in [1.82, 2.24) is 4.72 Å². The van der Waals surface area contributed by atoms with Gasteiger partial charge in [-0.15, -0.1) is 0 Å². The van der Waals surface area contributed by atoms with Crippen LogP contribution in [0.5, 0.6) is 0 Å². The monoisotopic (exact) mass is 362 g/mol. The molecule has 2 rings (SSSR count). The maximum atomic E-state index is 12.4. The van der Waals surface area contributed by atoms with Crippen LogP contribution in [0.2, 0.25) is 0 Å². The molecule has 0 amide bonds. The van der Waals surface area contributed by atoms with Crippen molar-refractivity contribution in [3.63, 3.8) is 0 Å². The molecule has 0 radical (unpaired) electrons. The highest BCUT2D eigenvalue weighted by molar-refractivity contribution is 7.89. The minimum Gasteiger partial charge on any atom is -0.478 e. The van der Waals surface area contributed by atoms with Crippen LogP contribution in [0.1, 0.15) is 36.2 Å². The molecule has 0 aliphatic heterocycles. The molecule has 7 heteroatoms. The van der Waals surface area contributed by atoms with Gasteiger partial charge in [-0.1, -0.05) is 37.3 Å². The molecule has 0 heterocycles. The van der Waals surface area contributed by atoms with Gasteiger partial charge in [0, 0.05) is 18.3 Å². The Bertz CT molecular complexity index is 835. The Morgan fingerprint density at radius 3 is 2.44 bits per heavy atom. The summed E-state index contributed by atoms with van der Waals surface area (Å²) in [5, 5.41) is 12.5. The summed E-state index contributed by atoms with van der Waals surface area (Å²) in [6.07, 6.45) is 0.817. The molecule has 25 heavy (non-hydrogen) atoms. The lowest BCUT2D eigenvalue weighted by Gasteiger charge is -2.16. The molecule has 1 atom stereocenters. The van der Waals surface area contributed by atoms with Crippen molar-refractivity contribution in [3.05, 3.63) is 59.7 Å². The summed E-state index contributed by atoms with van der Waals surface area (Å²) in [6.45, 7) is 4.04. The number of benzene rings is 2. The number of nitrogens with one attached hydrogen (secondary N) is 2. The Labute approximate surface area is 147 Å². The number of hydrogen-bond donors (Lipinski definition) is 3. The average Bonchev–Trinajstić information content (AvgIpc) is 2.60. The van der Waals surface area contributed by atoms with E-state index in [1.807, 2.05) is 44.2 Å². The first-order chi connectivity index (χ1) is 11.8. The Balaban J connectivity index is 2.25. The van der Waals surface area contributed by atoms with E-state index in [1.54, 1.807) is 0 Å². The Morgan fingerprint density at radius 1 is 1.16 bits per heavy atom. The van der Waals surface area contributed by atoms with Crippen molar-refractivity contribution in [1.29, 1.82) is 0 Å². The number of aromatic carboxylic acids is 1. The largest absolute Gasteiger partial charge is 0.478 e. The van der Waals surface area contributed by atoms with Gasteiger partial charge in [0.2, 0.25) is 10.0 Å². The molecule has 0 fully saturated rings. The van der Waals surface area contributed by atoms with E-state index >= 15 is 0 Å². The van der Waals surface area contributed by atoms with Crippen LogP contribution < -0.4 is 10.0 Å². The molecule has 6 nitrogen and oxygen atoms in total. The van der Waals surface area contributed by atoms with Crippen LogP contribution in [-0.2, 0) is 16.6 Å². The van der Waals surface area contributed by atoms with Crippen LogP contribution in [0.25, 0.3) is 0 Å². The molecule has 0 bridgehead atoms. The third-order valence-electron chi connectivity index (χ3n) is 3.86. The van der Waals surface area contributed by atoms with E-state index in [-0.39, 0.29) is 23.0 Å². The summed E-state index contributed by atoms with van der Waals surface area (Å²) in [4.78, 5) is 11.4. The van der Waals surface area contributed by atoms with Crippen LogP contribution in [0.15, 0.2) is 53.4 Å². The van der Waals surface area contributed by atoms with Gasteiger partial charge in [0.05, 0.1) is 10.5 Å². The molecule has 0 aromatic heterocycles. The van der Waals surface area contributed by atoms with Crippen molar-refractivity contribution >= 4 is 21.7 Å². The van der Waals surface area contributed by atoms with Gasteiger partial charge in [0.1, 0.15) is 0 Å². The number of carbonyl (C=O) groups is 1. The van der Waals surface area contributed by atoms with E-state index in [1.165, 1.54) is 18.2 Å². The van der Waals surface area contributed by atoms with E-state index in [0.717, 1.165) is 12.0 Å². The van der Waals surface area contributed by atoms with Crippen molar-refractivity contribution in [3.8, 4) is 0 Å². The van der Waals surface area contributed by atoms with Gasteiger partial charge in [-0.05, 0) is 37.1 Å². The fourth-order valence-electron chi connectivity index (χ4n) is 2.22. The zero-order chi connectivity index (χ0) is 18.4. The van der Waals surface area contributed by atoms with Gasteiger partial charge in [-0.25, -0.2) is 17.9 Å². The highest BCUT2D eigenvalue weighted by Gasteiger charge is 2.19. The van der Waals surface area contributed by atoms with Crippen molar-refractivity contribution in [2.45, 2.75) is 37.8 Å². The van der Waals surface area contributed by atoms with Gasteiger partial charge in [0.15, 0.2) is 0 Å². The minimum atomic E-state index is -3.81. The molecular formula is C18H22N2O4S. The average molecular weight is 362 g/mol. The molecule has 0 spiro atoms. The summed E-state index contributed by atoms with van der Waals surface area (Å²) in [6, 6.07) is 13.3. The SMILES string of the molecule is CC[C@@H](C)Nc1ccc(S(=O)(=O)NCc2ccccc2)cc1C(=O)O. The summed E-state index contributed by atoms with van der Waals surface area (Å²) in [7, 11) is -3.81. The van der Waals surface area contributed by atoms with E-state index in [9.17, 15) is 18.3 Å². The number of rotatable bonds is 8. The Morgan fingerprint density at radius 2 is 1.84 bits per heavy atom. The third kappa shape index (κ3) is 5.04. The maximum absolute atomic E-state index is 12.4. The number of carboxylic acids is 1. The Kier molecular flexibility index (Phi) is 6.17. The van der Waals surface area contributed by atoms with Crippen LogP contribution in [0.3, 0.4) is 0 Å². The van der Waals surface area contributed by atoms with Gasteiger partial charge in [0.25, 0.3) is 0 Å². The second-order valence-corrected chi connectivity index (χ2v) is 7.54. The molecule has 0 saturated carbocycles. The predicted molar refractivity (Wildman–Crippen MR) is 97.2 cm³/mol. The molecule has 134 valence electrons. The molecule has 0 aliphatic rings. The highest BCUT2D eigenvalue weighted by atomic mass is 32.2. The highest BCUT2D eigenvalue weighted by Crippen LogP contribution is 2.22. The van der Waals surface area contributed by atoms with Gasteiger partial charge in [-0.3, -0.25) is 0 Å². The number of anilines is 1. The van der Waals surface area contributed by atoms with E-state index in [2.05, 4.69) is 10.0 Å². The molecule has 2 aromatic carbocycles. The lowest BCUT2D eigenvalue weighted by molar-refractivity contribution is 0.0697. The number of carboxylic acid groups (broad SMARTS) is 1. The van der Waals surface area contributed by atoms with Crippen LogP contribution in [-0.4, -0.2) is 25.5 Å². The quantitative estimate of drug-likeness (QED) is 0.671. The van der Waals surface area contributed by atoms with Crippen LogP contribution >= 0.6 is 0 Å². The van der Waals surface area contributed by atoms with Crippen LogP contribution in [0, 0.1) is 0 Å². The lowest BCUT2D eigenvalue weighted by Crippen LogP contribution is -2.24. The van der Waals surface area contributed by atoms with Crippen molar-refractivity contribution < 1.29 is 18.3 Å². The van der Waals surface area contributed by atoms with Crippen LogP contribution in [0.4, 0.5) is 5.69 Å². The standard InChI is InChI=1S/C18H22N2O4S/c1-3-13(2)20-17-10-9-15(11-16(17)18(21)22)25(23,24)19-12-14-7-5-4-6-8-14/h4-11,13,19-20H,3,12H2,1-2H3,(H,21,22)/t13-/m1/s1. The number of sulfonamides is 1. The van der Waals surface area contributed by atoms with Gasteiger partial charge in [-0.2, -0.15) is 0 Å². The van der Waals surface area contributed by atoms with Gasteiger partial charge >= 0.3 is 5.97 Å². The summed E-state index contributed by atoms with van der Waals surface area (Å²) >= 11 is 0.